The number of hydrogen-bond acceptors (Lipinski definition) is 6. The molecule has 1 heterocycles. The lowest BCUT2D eigenvalue weighted by atomic mass is 9.83. The number of nitrogens with zero attached hydrogens (tertiary/aromatic N) is 1. The zero-order valence-electron chi connectivity index (χ0n) is 21.3. The SMILES string of the molecule is CC(C)N[C@]1(C)CCCN(C)C(=O)OCC=CCCCC[C@@](C)(C(=O)C(C)C)NCC1=O. The second-order valence-electron chi connectivity index (χ2n) is 10.1. The van der Waals surface area contributed by atoms with Gasteiger partial charge in [-0.1, -0.05) is 32.4 Å². The standard InChI is InChI=1S/C25H45N3O4/c1-19(2)22(30)25(6)14-11-9-8-10-12-17-32-23(31)28(7)16-13-15-24(5,27-20(3)4)21(29)18-26-25/h10,12,19-20,26-27H,8-9,11,13-18H2,1-7H3/t24-,25+/m1/s1. The minimum absolute atomic E-state index is 0.0308. The van der Waals surface area contributed by atoms with E-state index in [2.05, 4.69) is 10.6 Å². The molecular weight excluding hydrogens is 406 g/mol. The van der Waals surface area contributed by atoms with Crippen molar-refractivity contribution >= 4 is 17.7 Å². The minimum atomic E-state index is -0.748. The van der Waals surface area contributed by atoms with Gasteiger partial charge in [0.25, 0.3) is 0 Å². The number of carbonyl (C=O) groups is 3. The summed E-state index contributed by atoms with van der Waals surface area (Å²) >= 11 is 0. The van der Waals surface area contributed by atoms with Gasteiger partial charge in [0, 0.05) is 25.6 Å². The van der Waals surface area contributed by atoms with E-state index in [4.69, 9.17) is 4.74 Å². The number of Topliss-reactive ketones (excluding diaryl/α,β-unsaturated/α-hetero) is 2. The number of cyclic esters (lactones) is 1. The third-order valence-corrected chi connectivity index (χ3v) is 6.18. The summed E-state index contributed by atoms with van der Waals surface area (Å²) in [7, 11) is 1.71. The summed E-state index contributed by atoms with van der Waals surface area (Å²) in [6.45, 7) is 12.6. The van der Waals surface area contributed by atoms with Crippen LogP contribution in [0.3, 0.4) is 0 Å². The lowest BCUT2D eigenvalue weighted by Crippen LogP contribution is -2.59. The first-order chi connectivity index (χ1) is 14.9. The number of hydrogen-bond donors (Lipinski definition) is 2. The molecule has 2 N–H and O–H groups in total. The van der Waals surface area contributed by atoms with E-state index in [0.29, 0.717) is 25.8 Å². The number of amides is 1. The van der Waals surface area contributed by atoms with Crippen LogP contribution in [0.2, 0.25) is 0 Å². The van der Waals surface area contributed by atoms with Gasteiger partial charge in [-0.05, 0) is 59.8 Å². The smallest absolute Gasteiger partial charge is 0.409 e. The van der Waals surface area contributed by atoms with Crippen molar-refractivity contribution in [2.45, 2.75) is 97.2 Å². The van der Waals surface area contributed by atoms with E-state index < -0.39 is 11.1 Å². The summed E-state index contributed by atoms with van der Waals surface area (Å²) in [6.07, 6.45) is 8.09. The highest BCUT2D eigenvalue weighted by atomic mass is 16.6. The Labute approximate surface area is 194 Å². The van der Waals surface area contributed by atoms with Crippen LogP contribution in [0, 0.1) is 5.92 Å². The van der Waals surface area contributed by atoms with Crippen LogP contribution in [0.1, 0.15) is 80.1 Å². The molecule has 0 aromatic carbocycles. The number of carbonyl (C=O) groups excluding carboxylic acids is 3. The van der Waals surface area contributed by atoms with Crippen LogP contribution in [-0.4, -0.2) is 66.4 Å². The molecule has 7 nitrogen and oxygen atoms in total. The molecule has 184 valence electrons. The van der Waals surface area contributed by atoms with Gasteiger partial charge in [0.05, 0.1) is 17.6 Å². The molecule has 0 radical (unpaired) electrons. The molecule has 1 aliphatic heterocycles. The van der Waals surface area contributed by atoms with E-state index in [-0.39, 0.29) is 42.8 Å². The Morgan fingerprint density at radius 3 is 2.41 bits per heavy atom. The maximum atomic E-state index is 13.3. The molecule has 0 saturated heterocycles. The maximum absolute atomic E-state index is 13.3. The minimum Gasteiger partial charge on any atom is -0.445 e. The van der Waals surface area contributed by atoms with Crippen molar-refractivity contribution < 1.29 is 19.1 Å². The normalized spacial score (nSPS) is 27.8. The van der Waals surface area contributed by atoms with E-state index in [1.807, 2.05) is 53.7 Å². The van der Waals surface area contributed by atoms with E-state index >= 15 is 0 Å². The van der Waals surface area contributed by atoms with Gasteiger partial charge in [-0.25, -0.2) is 4.79 Å². The van der Waals surface area contributed by atoms with Crippen LogP contribution >= 0.6 is 0 Å². The Kier molecular flexibility index (Phi) is 11.6. The first-order valence-electron chi connectivity index (χ1n) is 12.0. The van der Waals surface area contributed by atoms with Crippen LogP contribution < -0.4 is 10.6 Å². The van der Waals surface area contributed by atoms with Crippen molar-refractivity contribution in [3.8, 4) is 0 Å². The monoisotopic (exact) mass is 451 g/mol. The van der Waals surface area contributed by atoms with Crippen molar-refractivity contribution in [3.05, 3.63) is 12.2 Å². The zero-order valence-corrected chi connectivity index (χ0v) is 21.3. The van der Waals surface area contributed by atoms with Gasteiger partial charge in [-0.3, -0.25) is 14.9 Å². The van der Waals surface area contributed by atoms with Crippen LogP contribution in [-0.2, 0) is 14.3 Å². The third kappa shape index (κ3) is 9.02. The van der Waals surface area contributed by atoms with Crippen molar-refractivity contribution in [1.29, 1.82) is 0 Å². The lowest BCUT2D eigenvalue weighted by molar-refractivity contribution is -0.129. The molecular formula is C25H45N3O4. The Hall–Kier alpha value is -1.73. The van der Waals surface area contributed by atoms with Gasteiger partial charge in [0.15, 0.2) is 11.6 Å². The van der Waals surface area contributed by atoms with E-state index in [1.54, 1.807) is 11.9 Å². The molecule has 7 heteroatoms. The summed E-state index contributed by atoms with van der Waals surface area (Å²) in [5.74, 6) is 0.0660. The molecule has 0 aromatic heterocycles. The largest absolute Gasteiger partial charge is 0.445 e. The fourth-order valence-corrected chi connectivity index (χ4v) is 4.25. The Morgan fingerprint density at radius 1 is 1.09 bits per heavy atom. The maximum Gasteiger partial charge on any atom is 0.409 e. The summed E-state index contributed by atoms with van der Waals surface area (Å²) < 4.78 is 5.29. The molecule has 32 heavy (non-hydrogen) atoms. The zero-order chi connectivity index (χ0) is 24.4. The van der Waals surface area contributed by atoms with Crippen molar-refractivity contribution in [1.82, 2.24) is 15.5 Å². The third-order valence-electron chi connectivity index (χ3n) is 6.18. The highest BCUT2D eigenvalue weighted by Crippen LogP contribution is 2.22. The number of rotatable bonds is 4. The molecule has 1 rings (SSSR count). The molecule has 1 amide bonds. The average molecular weight is 452 g/mol. The van der Waals surface area contributed by atoms with Crippen molar-refractivity contribution in [2.75, 3.05) is 26.7 Å². The van der Waals surface area contributed by atoms with Crippen LogP contribution in [0.15, 0.2) is 12.2 Å². The predicted octanol–water partition coefficient (Wildman–Crippen LogP) is 3.86. The van der Waals surface area contributed by atoms with Crippen LogP contribution in [0.4, 0.5) is 4.79 Å². The van der Waals surface area contributed by atoms with Gasteiger partial charge in [0.1, 0.15) is 6.61 Å². The van der Waals surface area contributed by atoms with E-state index in [9.17, 15) is 14.4 Å². The second kappa shape index (κ2) is 13.1. The second-order valence-corrected chi connectivity index (χ2v) is 10.1. The summed E-state index contributed by atoms with van der Waals surface area (Å²) in [4.78, 5) is 40.0. The van der Waals surface area contributed by atoms with Crippen LogP contribution in [0.5, 0.6) is 0 Å². The first-order valence-corrected chi connectivity index (χ1v) is 12.0. The number of allylic oxidation sites excluding steroid dienone is 1. The molecule has 0 saturated carbocycles. The molecule has 0 aliphatic carbocycles. The fourth-order valence-electron chi connectivity index (χ4n) is 4.25. The molecule has 2 atom stereocenters. The van der Waals surface area contributed by atoms with Crippen molar-refractivity contribution in [2.24, 2.45) is 5.92 Å². The quantitative estimate of drug-likeness (QED) is 0.631. The molecule has 0 unspecified atom stereocenters. The van der Waals surface area contributed by atoms with E-state index in [1.165, 1.54) is 0 Å². The van der Waals surface area contributed by atoms with Crippen LogP contribution in [0.25, 0.3) is 0 Å². The summed E-state index contributed by atoms with van der Waals surface area (Å²) in [5.41, 5.74) is -1.48. The predicted molar refractivity (Wildman–Crippen MR) is 129 cm³/mol. The number of nitrogens with one attached hydrogen (secondary N) is 2. The number of ether oxygens (including phenoxy) is 1. The van der Waals surface area contributed by atoms with E-state index in [0.717, 1.165) is 19.3 Å². The Morgan fingerprint density at radius 2 is 1.78 bits per heavy atom. The molecule has 1 aliphatic rings. The van der Waals surface area contributed by atoms with Gasteiger partial charge >= 0.3 is 6.09 Å². The molecule has 0 spiro atoms. The van der Waals surface area contributed by atoms with Gasteiger partial charge in [-0.15, -0.1) is 0 Å². The molecule has 0 bridgehead atoms. The first kappa shape index (κ1) is 28.3. The highest BCUT2D eigenvalue weighted by molar-refractivity contribution is 5.93. The molecule has 0 fully saturated rings. The summed E-state index contributed by atoms with van der Waals surface area (Å²) in [5, 5.41) is 6.75. The van der Waals surface area contributed by atoms with Gasteiger partial charge in [-0.2, -0.15) is 0 Å². The Bertz CT molecular complexity index is 662. The van der Waals surface area contributed by atoms with Crippen molar-refractivity contribution in [3.63, 3.8) is 0 Å². The molecule has 0 aromatic rings. The average Bonchev–Trinajstić information content (AvgIpc) is 2.71. The Balaban J connectivity index is 3.07. The lowest BCUT2D eigenvalue weighted by Gasteiger charge is -2.35. The highest BCUT2D eigenvalue weighted by Gasteiger charge is 2.38. The topological polar surface area (TPSA) is 87.7 Å². The fraction of sp³-hybridized carbons (Fsp3) is 0.800. The summed E-state index contributed by atoms with van der Waals surface area (Å²) in [6, 6.07) is 0.125. The number of ketones is 2. The van der Waals surface area contributed by atoms with Gasteiger partial charge in [0.2, 0.25) is 0 Å². The van der Waals surface area contributed by atoms with Gasteiger partial charge < -0.3 is 15.0 Å².